The molecule has 0 N–H and O–H groups in total. The Morgan fingerprint density at radius 1 is 1.00 bits per heavy atom. The molecule has 1 aromatic carbocycles. The minimum absolute atomic E-state index is 0.0844. The molecule has 2 aliphatic carbocycles. The van der Waals surface area contributed by atoms with Gasteiger partial charge in [-0.2, -0.15) is 0 Å². The van der Waals surface area contributed by atoms with E-state index in [-0.39, 0.29) is 5.41 Å². The Morgan fingerprint density at radius 3 is 2.33 bits per heavy atom. The topological polar surface area (TPSA) is 52.6 Å². The van der Waals surface area contributed by atoms with Crippen molar-refractivity contribution < 1.29 is 19.1 Å². The van der Waals surface area contributed by atoms with Crippen molar-refractivity contribution in [3.05, 3.63) is 35.4 Å². The number of carbonyl (C=O) groups is 2. The van der Waals surface area contributed by atoms with Gasteiger partial charge in [0, 0.05) is 0 Å². The third-order valence-electron chi connectivity index (χ3n) is 5.28. The summed E-state index contributed by atoms with van der Waals surface area (Å²) in [6.07, 6.45) is 3.82. The van der Waals surface area contributed by atoms with Gasteiger partial charge in [-0.3, -0.25) is 9.59 Å². The van der Waals surface area contributed by atoms with Crippen molar-refractivity contribution in [1.29, 1.82) is 0 Å². The van der Waals surface area contributed by atoms with E-state index in [1.807, 2.05) is 12.1 Å². The highest BCUT2D eigenvalue weighted by atomic mass is 16.5. The maximum absolute atomic E-state index is 12.3. The van der Waals surface area contributed by atoms with Crippen LogP contribution < -0.4 is 0 Å². The summed E-state index contributed by atoms with van der Waals surface area (Å²) in [5.41, 5.74) is 1.41. The lowest BCUT2D eigenvalue weighted by Gasteiger charge is -2.28. The van der Waals surface area contributed by atoms with Crippen LogP contribution in [-0.2, 0) is 30.9 Å². The summed E-state index contributed by atoms with van der Waals surface area (Å²) in [7, 11) is 2.67. The lowest BCUT2D eigenvalue weighted by atomic mass is 9.76. The summed E-state index contributed by atoms with van der Waals surface area (Å²) < 4.78 is 9.82. The molecule has 1 saturated carbocycles. The number of fused-ring (bicyclic) bond motifs is 2. The number of carbonyl (C=O) groups excluding carboxylic acids is 2. The van der Waals surface area contributed by atoms with E-state index in [4.69, 9.17) is 9.47 Å². The molecule has 0 aliphatic heterocycles. The van der Waals surface area contributed by atoms with E-state index in [1.54, 1.807) is 0 Å². The zero-order valence-corrected chi connectivity index (χ0v) is 12.5. The van der Waals surface area contributed by atoms with Gasteiger partial charge in [-0.1, -0.05) is 24.3 Å². The van der Waals surface area contributed by atoms with Crippen molar-refractivity contribution in [2.24, 2.45) is 5.41 Å². The molecule has 21 heavy (non-hydrogen) atoms. The molecular formula is C17H20O4. The minimum atomic E-state index is -1.14. The summed E-state index contributed by atoms with van der Waals surface area (Å²) in [4.78, 5) is 24.5. The fraction of sp³-hybridized carbons (Fsp3) is 0.529. The second kappa shape index (κ2) is 4.86. The van der Waals surface area contributed by atoms with Crippen LogP contribution in [-0.4, -0.2) is 26.2 Å². The van der Waals surface area contributed by atoms with E-state index in [0.717, 1.165) is 19.3 Å². The molecule has 0 aromatic heterocycles. The Bertz CT molecular complexity index is 576. The SMILES string of the molecule is COC(=O)C1(C(=O)OC)CCC2(CCc3ccccc32)C1. The van der Waals surface area contributed by atoms with Crippen LogP contribution in [0.25, 0.3) is 0 Å². The Labute approximate surface area is 124 Å². The lowest BCUT2D eigenvalue weighted by molar-refractivity contribution is -0.169. The molecule has 4 nitrogen and oxygen atoms in total. The fourth-order valence-corrected chi connectivity index (χ4v) is 4.24. The van der Waals surface area contributed by atoms with E-state index in [1.165, 1.54) is 25.3 Å². The molecule has 1 fully saturated rings. The second-order valence-electron chi connectivity index (χ2n) is 6.18. The molecule has 4 heteroatoms. The van der Waals surface area contributed by atoms with Crippen LogP contribution in [0.1, 0.15) is 36.8 Å². The van der Waals surface area contributed by atoms with Crippen LogP contribution in [0.2, 0.25) is 0 Å². The van der Waals surface area contributed by atoms with Gasteiger partial charge >= 0.3 is 11.9 Å². The Balaban J connectivity index is 2.01. The standard InChI is InChI=1S/C17H20O4/c1-20-14(18)17(15(19)21-2)10-9-16(11-17)8-7-12-5-3-4-6-13(12)16/h3-6H,7-11H2,1-2H3. The average molecular weight is 288 g/mol. The maximum Gasteiger partial charge on any atom is 0.323 e. The third-order valence-corrected chi connectivity index (χ3v) is 5.28. The largest absolute Gasteiger partial charge is 0.468 e. The first kappa shape index (κ1) is 14.1. The van der Waals surface area contributed by atoms with Gasteiger partial charge in [0.25, 0.3) is 0 Å². The van der Waals surface area contributed by atoms with Gasteiger partial charge in [0.15, 0.2) is 5.41 Å². The molecule has 0 saturated heterocycles. The van der Waals surface area contributed by atoms with Crippen LogP contribution in [0.4, 0.5) is 0 Å². The van der Waals surface area contributed by atoms with Gasteiger partial charge in [-0.05, 0) is 48.6 Å². The molecule has 0 heterocycles. The highest BCUT2D eigenvalue weighted by molar-refractivity contribution is 6.00. The van der Waals surface area contributed by atoms with Gasteiger partial charge < -0.3 is 9.47 Å². The molecule has 0 amide bonds. The van der Waals surface area contributed by atoms with Crippen molar-refractivity contribution in [1.82, 2.24) is 0 Å². The monoisotopic (exact) mass is 288 g/mol. The van der Waals surface area contributed by atoms with Crippen molar-refractivity contribution >= 4 is 11.9 Å². The number of hydrogen-bond acceptors (Lipinski definition) is 4. The Hall–Kier alpha value is -1.84. The minimum Gasteiger partial charge on any atom is -0.468 e. The van der Waals surface area contributed by atoms with Crippen molar-refractivity contribution in [3.8, 4) is 0 Å². The number of esters is 2. The van der Waals surface area contributed by atoms with E-state index >= 15 is 0 Å². The predicted molar refractivity (Wildman–Crippen MR) is 76.8 cm³/mol. The van der Waals surface area contributed by atoms with E-state index < -0.39 is 17.4 Å². The summed E-state index contributed by atoms with van der Waals surface area (Å²) in [5.74, 6) is -0.925. The molecule has 3 rings (SSSR count). The van der Waals surface area contributed by atoms with E-state index in [2.05, 4.69) is 12.1 Å². The zero-order chi connectivity index (χ0) is 15.1. The quantitative estimate of drug-likeness (QED) is 0.619. The first-order chi connectivity index (χ1) is 10.1. The smallest absolute Gasteiger partial charge is 0.323 e. The van der Waals surface area contributed by atoms with Gasteiger partial charge in [-0.15, -0.1) is 0 Å². The number of ether oxygens (including phenoxy) is 2. The summed E-state index contributed by atoms with van der Waals surface area (Å²) in [6, 6.07) is 8.34. The molecule has 1 atom stereocenters. The van der Waals surface area contributed by atoms with E-state index in [9.17, 15) is 9.59 Å². The number of rotatable bonds is 2. The fourth-order valence-electron chi connectivity index (χ4n) is 4.24. The predicted octanol–water partition coefficient (Wildman–Crippen LogP) is 2.39. The molecule has 0 radical (unpaired) electrons. The van der Waals surface area contributed by atoms with Crippen molar-refractivity contribution in [2.75, 3.05) is 14.2 Å². The molecule has 112 valence electrons. The first-order valence-corrected chi connectivity index (χ1v) is 7.33. The van der Waals surface area contributed by atoms with Gasteiger partial charge in [0.05, 0.1) is 14.2 Å². The highest BCUT2D eigenvalue weighted by Crippen LogP contribution is 2.57. The number of aryl methyl sites for hydroxylation is 1. The van der Waals surface area contributed by atoms with Gasteiger partial charge in [-0.25, -0.2) is 0 Å². The Kier molecular flexibility index (Phi) is 3.27. The third kappa shape index (κ3) is 1.88. The number of benzene rings is 1. The van der Waals surface area contributed by atoms with Crippen LogP contribution >= 0.6 is 0 Å². The van der Waals surface area contributed by atoms with E-state index in [0.29, 0.717) is 12.8 Å². The van der Waals surface area contributed by atoms with Crippen LogP contribution in [0, 0.1) is 5.41 Å². The molecular weight excluding hydrogens is 268 g/mol. The Morgan fingerprint density at radius 2 is 1.67 bits per heavy atom. The molecule has 1 aromatic rings. The second-order valence-corrected chi connectivity index (χ2v) is 6.18. The average Bonchev–Trinajstić information content (AvgIpc) is 3.10. The highest BCUT2D eigenvalue weighted by Gasteiger charge is 2.60. The number of methoxy groups -OCH3 is 2. The van der Waals surface area contributed by atoms with Crippen molar-refractivity contribution in [3.63, 3.8) is 0 Å². The van der Waals surface area contributed by atoms with Crippen LogP contribution in [0.15, 0.2) is 24.3 Å². The van der Waals surface area contributed by atoms with Crippen LogP contribution in [0.5, 0.6) is 0 Å². The summed E-state index contributed by atoms with van der Waals surface area (Å²) in [6.45, 7) is 0. The first-order valence-electron chi connectivity index (χ1n) is 7.33. The molecule has 2 aliphatic rings. The zero-order valence-electron chi connectivity index (χ0n) is 12.5. The summed E-state index contributed by atoms with van der Waals surface area (Å²) in [5, 5.41) is 0. The molecule has 0 bridgehead atoms. The van der Waals surface area contributed by atoms with Crippen molar-refractivity contribution in [2.45, 2.75) is 37.5 Å². The molecule has 1 unspecified atom stereocenters. The van der Waals surface area contributed by atoms with Crippen LogP contribution in [0.3, 0.4) is 0 Å². The maximum atomic E-state index is 12.3. The lowest BCUT2D eigenvalue weighted by Crippen LogP contribution is -2.40. The molecule has 1 spiro atoms. The van der Waals surface area contributed by atoms with Gasteiger partial charge in [0.1, 0.15) is 0 Å². The number of hydrogen-bond donors (Lipinski definition) is 0. The normalized spacial score (nSPS) is 25.6. The summed E-state index contributed by atoms with van der Waals surface area (Å²) >= 11 is 0. The van der Waals surface area contributed by atoms with Gasteiger partial charge in [0.2, 0.25) is 0 Å².